The molecule has 1 aliphatic rings. The largest absolute Gasteiger partial charge is 0.343 e. The molecule has 0 bridgehead atoms. The second-order valence-electron chi connectivity index (χ2n) is 4.64. The summed E-state index contributed by atoms with van der Waals surface area (Å²) in [6.45, 7) is 3.18. The smallest absolute Gasteiger partial charge is 0.236 e. The number of likely N-dealkylation sites (N-methyl/N-ethyl adjacent to an activating group) is 1. The molecule has 0 saturated carbocycles. The molecule has 0 aromatic heterocycles. The molecule has 0 aliphatic carbocycles. The highest BCUT2D eigenvalue weighted by Crippen LogP contribution is 2.18. The van der Waals surface area contributed by atoms with Gasteiger partial charge in [-0.25, -0.2) is 0 Å². The van der Waals surface area contributed by atoms with Gasteiger partial charge in [0.1, 0.15) is 0 Å². The van der Waals surface area contributed by atoms with Crippen LogP contribution in [0.4, 0.5) is 0 Å². The van der Waals surface area contributed by atoms with Crippen LogP contribution in [0.15, 0.2) is 18.2 Å². The van der Waals surface area contributed by atoms with Crippen molar-refractivity contribution in [2.24, 2.45) is 0 Å². The second kappa shape index (κ2) is 5.07. The van der Waals surface area contributed by atoms with Crippen molar-refractivity contribution in [1.82, 2.24) is 10.2 Å². The van der Waals surface area contributed by atoms with Crippen molar-refractivity contribution in [3.8, 4) is 0 Å². The van der Waals surface area contributed by atoms with E-state index in [4.69, 9.17) is 11.6 Å². The summed E-state index contributed by atoms with van der Waals surface area (Å²) in [6.07, 6.45) is 0.900. The summed E-state index contributed by atoms with van der Waals surface area (Å²) < 4.78 is 0. The highest BCUT2D eigenvalue weighted by Gasteiger charge is 2.22. The lowest BCUT2D eigenvalue weighted by Gasteiger charge is -2.30. The predicted molar refractivity (Wildman–Crippen MR) is 69.3 cm³/mol. The molecule has 1 fully saturated rings. The van der Waals surface area contributed by atoms with E-state index in [0.717, 1.165) is 23.6 Å². The van der Waals surface area contributed by atoms with Gasteiger partial charge >= 0.3 is 0 Å². The molecule has 92 valence electrons. The van der Waals surface area contributed by atoms with E-state index >= 15 is 0 Å². The molecule has 1 atom stereocenters. The number of hydrogen-bond donors (Lipinski definition) is 1. The maximum absolute atomic E-state index is 11.3. The van der Waals surface area contributed by atoms with Gasteiger partial charge < -0.3 is 10.2 Å². The number of nitrogens with zero attached hydrogens (tertiary/aromatic N) is 1. The first-order valence-corrected chi connectivity index (χ1v) is 6.16. The highest BCUT2D eigenvalue weighted by molar-refractivity contribution is 6.31. The molecule has 0 radical (unpaired) electrons. The summed E-state index contributed by atoms with van der Waals surface area (Å²) >= 11 is 6.10. The molecule has 1 heterocycles. The van der Waals surface area contributed by atoms with Gasteiger partial charge in [-0.15, -0.1) is 0 Å². The van der Waals surface area contributed by atoms with E-state index in [0.29, 0.717) is 12.6 Å². The van der Waals surface area contributed by atoms with Gasteiger partial charge in [0, 0.05) is 24.7 Å². The minimum Gasteiger partial charge on any atom is -0.343 e. The number of carbonyl (C=O) groups is 1. The monoisotopic (exact) mass is 252 g/mol. The number of benzene rings is 1. The van der Waals surface area contributed by atoms with Gasteiger partial charge in [0.25, 0.3) is 0 Å². The number of aryl methyl sites for hydroxylation is 1. The minimum absolute atomic E-state index is 0.156. The summed E-state index contributed by atoms with van der Waals surface area (Å²) in [7, 11) is 1.85. The Hall–Kier alpha value is -1.06. The SMILES string of the molecule is Cc1ccc(CC2CN(C)C(=O)CN2)cc1Cl. The maximum atomic E-state index is 11.3. The lowest BCUT2D eigenvalue weighted by molar-refractivity contribution is -0.131. The van der Waals surface area contributed by atoms with Crippen LogP contribution in [0.25, 0.3) is 0 Å². The average molecular weight is 253 g/mol. The number of rotatable bonds is 2. The normalized spacial score (nSPS) is 20.8. The fourth-order valence-corrected chi connectivity index (χ4v) is 2.25. The Morgan fingerprint density at radius 2 is 2.29 bits per heavy atom. The van der Waals surface area contributed by atoms with Gasteiger partial charge in [-0.3, -0.25) is 4.79 Å². The van der Waals surface area contributed by atoms with Gasteiger partial charge in [-0.2, -0.15) is 0 Å². The fourth-order valence-electron chi connectivity index (χ4n) is 2.05. The first-order chi connectivity index (χ1) is 8.06. The molecule has 1 N–H and O–H groups in total. The van der Waals surface area contributed by atoms with Gasteiger partial charge in [0.15, 0.2) is 0 Å². The van der Waals surface area contributed by atoms with Crippen LogP contribution in [0.3, 0.4) is 0 Å². The average Bonchev–Trinajstić information content (AvgIpc) is 2.29. The zero-order valence-corrected chi connectivity index (χ0v) is 10.9. The Balaban J connectivity index is 2.01. The lowest BCUT2D eigenvalue weighted by atomic mass is 10.0. The molecule has 1 aliphatic heterocycles. The van der Waals surface area contributed by atoms with Gasteiger partial charge in [0.05, 0.1) is 6.54 Å². The van der Waals surface area contributed by atoms with Crippen molar-refractivity contribution in [3.63, 3.8) is 0 Å². The van der Waals surface area contributed by atoms with Gasteiger partial charge in [-0.05, 0) is 30.5 Å². The Morgan fingerprint density at radius 1 is 1.53 bits per heavy atom. The van der Waals surface area contributed by atoms with Crippen molar-refractivity contribution in [2.75, 3.05) is 20.1 Å². The zero-order valence-electron chi connectivity index (χ0n) is 10.2. The Morgan fingerprint density at radius 3 is 2.94 bits per heavy atom. The van der Waals surface area contributed by atoms with Crippen molar-refractivity contribution in [2.45, 2.75) is 19.4 Å². The summed E-state index contributed by atoms with van der Waals surface area (Å²) in [4.78, 5) is 13.1. The summed E-state index contributed by atoms with van der Waals surface area (Å²) in [6, 6.07) is 6.46. The molecule has 1 amide bonds. The summed E-state index contributed by atoms with van der Waals surface area (Å²) in [5.74, 6) is 0.156. The number of hydrogen-bond acceptors (Lipinski definition) is 2. The van der Waals surface area contributed by atoms with E-state index < -0.39 is 0 Å². The first-order valence-electron chi connectivity index (χ1n) is 5.78. The van der Waals surface area contributed by atoms with E-state index in [1.165, 1.54) is 5.56 Å². The Labute approximate surface area is 107 Å². The summed E-state index contributed by atoms with van der Waals surface area (Å²) in [5.41, 5.74) is 2.31. The van der Waals surface area contributed by atoms with E-state index in [-0.39, 0.29) is 5.91 Å². The third kappa shape index (κ3) is 2.99. The molecule has 1 aromatic rings. The van der Waals surface area contributed by atoms with Crippen molar-refractivity contribution < 1.29 is 4.79 Å². The molecule has 1 aromatic carbocycles. The van der Waals surface area contributed by atoms with Crippen molar-refractivity contribution in [1.29, 1.82) is 0 Å². The molecular weight excluding hydrogens is 236 g/mol. The van der Waals surface area contributed by atoms with Crippen LogP contribution in [0.2, 0.25) is 5.02 Å². The van der Waals surface area contributed by atoms with Crippen LogP contribution < -0.4 is 5.32 Å². The highest BCUT2D eigenvalue weighted by atomic mass is 35.5. The Kier molecular flexibility index (Phi) is 3.69. The Bertz CT molecular complexity index is 433. The zero-order chi connectivity index (χ0) is 12.4. The number of carbonyl (C=O) groups excluding carboxylic acids is 1. The maximum Gasteiger partial charge on any atom is 0.236 e. The van der Waals surface area contributed by atoms with Crippen molar-refractivity contribution >= 4 is 17.5 Å². The molecular formula is C13H17ClN2O. The third-order valence-electron chi connectivity index (χ3n) is 3.18. The minimum atomic E-state index is 0.156. The fraction of sp³-hybridized carbons (Fsp3) is 0.462. The first kappa shape index (κ1) is 12.4. The quantitative estimate of drug-likeness (QED) is 0.868. The van der Waals surface area contributed by atoms with Crippen LogP contribution in [0.1, 0.15) is 11.1 Å². The molecule has 17 heavy (non-hydrogen) atoms. The second-order valence-corrected chi connectivity index (χ2v) is 5.05. The number of piperazine rings is 1. The van der Waals surface area contributed by atoms with Crippen LogP contribution in [-0.2, 0) is 11.2 Å². The topological polar surface area (TPSA) is 32.3 Å². The van der Waals surface area contributed by atoms with E-state index in [1.54, 1.807) is 4.90 Å². The van der Waals surface area contributed by atoms with Crippen molar-refractivity contribution in [3.05, 3.63) is 34.3 Å². The number of nitrogens with one attached hydrogen (secondary N) is 1. The van der Waals surface area contributed by atoms with Gasteiger partial charge in [-0.1, -0.05) is 23.7 Å². The van der Waals surface area contributed by atoms with Gasteiger partial charge in [0.2, 0.25) is 5.91 Å². The molecule has 4 heteroatoms. The molecule has 0 spiro atoms. The van der Waals surface area contributed by atoms with E-state index in [9.17, 15) is 4.79 Å². The summed E-state index contributed by atoms with van der Waals surface area (Å²) in [5, 5.41) is 4.06. The number of halogens is 1. The lowest BCUT2D eigenvalue weighted by Crippen LogP contribution is -2.53. The van der Waals surface area contributed by atoms with E-state index in [2.05, 4.69) is 11.4 Å². The molecule has 1 saturated heterocycles. The third-order valence-corrected chi connectivity index (χ3v) is 3.59. The molecule has 1 unspecified atom stereocenters. The van der Waals surface area contributed by atoms with Crippen LogP contribution >= 0.6 is 11.6 Å². The molecule has 3 nitrogen and oxygen atoms in total. The van der Waals surface area contributed by atoms with Crippen LogP contribution in [0, 0.1) is 6.92 Å². The van der Waals surface area contributed by atoms with Crippen LogP contribution in [0.5, 0.6) is 0 Å². The van der Waals surface area contributed by atoms with Crippen LogP contribution in [-0.4, -0.2) is 37.0 Å². The van der Waals surface area contributed by atoms with E-state index in [1.807, 2.05) is 26.1 Å². The number of amides is 1. The predicted octanol–water partition coefficient (Wildman–Crippen LogP) is 1.62. The molecule has 2 rings (SSSR count). The standard InChI is InChI=1S/C13H17ClN2O/c1-9-3-4-10(6-12(9)14)5-11-8-16(2)13(17)7-15-11/h3-4,6,11,15H,5,7-8H2,1-2H3.